The molecule has 0 fully saturated rings. The number of para-hydroxylation sites is 1. The van der Waals surface area contributed by atoms with Crippen LogP contribution in [0.15, 0.2) is 24.3 Å². The summed E-state index contributed by atoms with van der Waals surface area (Å²) in [6, 6.07) is 7.92. The second-order valence-electron chi connectivity index (χ2n) is 4.58. The highest BCUT2D eigenvalue weighted by molar-refractivity contribution is 5.53. The maximum Gasteiger partial charge on any atom is 0.0781 e. The van der Waals surface area contributed by atoms with Crippen LogP contribution in [0.5, 0.6) is 0 Å². The highest BCUT2D eigenvalue weighted by atomic mass is 16.5. The number of nitrogens with zero attached hydrogens (tertiary/aromatic N) is 1. The number of rotatable bonds is 6. The summed E-state index contributed by atoms with van der Waals surface area (Å²) in [6.07, 6.45) is -0.185. The van der Waals surface area contributed by atoms with Gasteiger partial charge in [0.05, 0.1) is 18.8 Å². The summed E-state index contributed by atoms with van der Waals surface area (Å²) in [7, 11) is 2.02. The Morgan fingerprint density at radius 1 is 1.24 bits per heavy atom. The van der Waals surface area contributed by atoms with Crippen LogP contribution in [0.3, 0.4) is 0 Å². The molecule has 0 unspecified atom stereocenters. The van der Waals surface area contributed by atoms with Gasteiger partial charge in [-0.1, -0.05) is 18.2 Å². The van der Waals surface area contributed by atoms with Crippen LogP contribution < -0.4 is 4.90 Å². The molecule has 0 amide bonds. The Kier molecular flexibility index (Phi) is 5.45. The van der Waals surface area contributed by atoms with Gasteiger partial charge >= 0.3 is 0 Å². The van der Waals surface area contributed by atoms with Crippen molar-refractivity contribution in [1.29, 1.82) is 0 Å². The fraction of sp³-hybridized carbons (Fsp3) is 0.571. The lowest BCUT2D eigenvalue weighted by Gasteiger charge is -2.24. The van der Waals surface area contributed by atoms with Gasteiger partial charge in [-0.25, -0.2) is 0 Å². The molecule has 3 heteroatoms. The van der Waals surface area contributed by atoms with Gasteiger partial charge < -0.3 is 14.7 Å². The van der Waals surface area contributed by atoms with E-state index in [0.717, 1.165) is 17.8 Å². The van der Waals surface area contributed by atoms with Crippen molar-refractivity contribution in [3.8, 4) is 0 Å². The fourth-order valence-corrected chi connectivity index (χ4v) is 1.73. The van der Waals surface area contributed by atoms with E-state index in [1.165, 1.54) is 0 Å². The molecule has 0 aliphatic heterocycles. The van der Waals surface area contributed by atoms with Crippen molar-refractivity contribution in [2.24, 2.45) is 0 Å². The predicted octanol–water partition coefficient (Wildman–Crippen LogP) is 2.60. The van der Waals surface area contributed by atoms with E-state index in [0.29, 0.717) is 6.61 Å². The Morgan fingerprint density at radius 2 is 1.88 bits per heavy atom. The molecule has 0 aromatic heterocycles. The third-order valence-corrected chi connectivity index (χ3v) is 2.68. The zero-order valence-electron chi connectivity index (χ0n) is 11.2. The smallest absolute Gasteiger partial charge is 0.0781 e. The minimum atomic E-state index is -0.445. The van der Waals surface area contributed by atoms with Gasteiger partial charge in [0.15, 0.2) is 0 Å². The number of benzene rings is 1. The average Bonchev–Trinajstić information content (AvgIpc) is 2.28. The Labute approximate surface area is 104 Å². The maximum absolute atomic E-state index is 9.71. The van der Waals surface area contributed by atoms with E-state index in [4.69, 9.17) is 4.74 Å². The first-order valence-corrected chi connectivity index (χ1v) is 6.12. The number of ether oxygens (including phenoxy) is 1. The molecule has 0 spiro atoms. The van der Waals surface area contributed by atoms with Crippen LogP contribution in [0.2, 0.25) is 0 Å². The largest absolute Gasteiger partial charge is 0.389 e. The molecule has 0 saturated carbocycles. The van der Waals surface area contributed by atoms with Crippen molar-refractivity contribution in [2.75, 3.05) is 25.1 Å². The summed E-state index contributed by atoms with van der Waals surface area (Å²) in [5.41, 5.74) is 2.02. The normalized spacial score (nSPS) is 12.8. The Bertz CT molecular complexity index is 337. The molecule has 0 radical (unpaired) electrons. The van der Waals surface area contributed by atoms with Crippen molar-refractivity contribution in [3.63, 3.8) is 0 Å². The summed E-state index contributed by atoms with van der Waals surface area (Å²) in [5, 5.41) is 9.71. The van der Waals surface area contributed by atoms with Crippen molar-refractivity contribution in [3.05, 3.63) is 29.8 Å². The van der Waals surface area contributed by atoms with Gasteiger partial charge in [-0.2, -0.15) is 0 Å². The highest BCUT2D eigenvalue weighted by Gasteiger charge is 2.10. The molecule has 17 heavy (non-hydrogen) atoms. The number of aliphatic hydroxyl groups excluding tert-OH is 1. The van der Waals surface area contributed by atoms with E-state index in [-0.39, 0.29) is 6.10 Å². The molecule has 96 valence electrons. The zero-order valence-corrected chi connectivity index (χ0v) is 11.2. The van der Waals surface area contributed by atoms with Crippen molar-refractivity contribution in [1.82, 2.24) is 0 Å². The van der Waals surface area contributed by atoms with Crippen molar-refractivity contribution < 1.29 is 9.84 Å². The van der Waals surface area contributed by atoms with Crippen molar-refractivity contribution >= 4 is 5.69 Å². The molecule has 3 nitrogen and oxygen atoms in total. The monoisotopic (exact) mass is 237 g/mol. The van der Waals surface area contributed by atoms with Gasteiger partial charge in [0.25, 0.3) is 0 Å². The van der Waals surface area contributed by atoms with Gasteiger partial charge in [-0.05, 0) is 26.8 Å². The van der Waals surface area contributed by atoms with Crippen LogP contribution >= 0.6 is 0 Å². The van der Waals surface area contributed by atoms with E-state index < -0.39 is 6.10 Å². The lowest BCUT2D eigenvalue weighted by molar-refractivity contribution is 0.0845. The lowest BCUT2D eigenvalue weighted by Crippen LogP contribution is -2.25. The molecular weight excluding hydrogens is 214 g/mol. The molecule has 0 aliphatic carbocycles. The minimum Gasteiger partial charge on any atom is -0.389 e. The van der Waals surface area contributed by atoms with E-state index in [1.807, 2.05) is 45.2 Å². The van der Waals surface area contributed by atoms with Crippen molar-refractivity contribution in [2.45, 2.75) is 33.0 Å². The molecule has 1 aromatic rings. The first-order chi connectivity index (χ1) is 8.02. The average molecular weight is 237 g/mol. The summed E-state index contributed by atoms with van der Waals surface area (Å²) in [5.74, 6) is 0. The van der Waals surface area contributed by atoms with Crippen LogP contribution in [-0.4, -0.2) is 31.4 Å². The quantitative estimate of drug-likeness (QED) is 0.825. The molecule has 0 saturated heterocycles. The highest BCUT2D eigenvalue weighted by Crippen LogP contribution is 2.24. The van der Waals surface area contributed by atoms with Gasteiger partial charge in [0.2, 0.25) is 0 Å². The molecule has 1 atom stereocenters. The first kappa shape index (κ1) is 14.0. The van der Waals surface area contributed by atoms with E-state index in [9.17, 15) is 5.11 Å². The van der Waals surface area contributed by atoms with Crippen LogP contribution in [0.4, 0.5) is 5.69 Å². The Morgan fingerprint density at radius 3 is 2.47 bits per heavy atom. The molecule has 1 rings (SSSR count). The molecule has 0 bridgehead atoms. The first-order valence-electron chi connectivity index (χ1n) is 6.12. The second kappa shape index (κ2) is 6.62. The minimum absolute atomic E-state index is 0.260. The van der Waals surface area contributed by atoms with E-state index in [1.54, 1.807) is 6.92 Å². The van der Waals surface area contributed by atoms with Crippen LogP contribution in [0.25, 0.3) is 0 Å². The molecule has 1 aromatic carbocycles. The van der Waals surface area contributed by atoms with Gasteiger partial charge in [0.1, 0.15) is 0 Å². The van der Waals surface area contributed by atoms with Gasteiger partial charge in [-0.15, -0.1) is 0 Å². The SMILES string of the molecule is CC(C)OCCN(C)c1ccccc1[C@@H](C)O. The standard InChI is InChI=1S/C14H23NO2/c1-11(2)17-10-9-15(4)14-8-6-5-7-13(14)12(3)16/h5-8,11-12,16H,9-10H2,1-4H3/t12-/m1/s1. The topological polar surface area (TPSA) is 32.7 Å². The fourth-order valence-electron chi connectivity index (χ4n) is 1.73. The molecule has 1 N–H and O–H groups in total. The lowest BCUT2D eigenvalue weighted by atomic mass is 10.1. The summed E-state index contributed by atoms with van der Waals surface area (Å²) < 4.78 is 5.53. The molecule has 0 heterocycles. The number of likely N-dealkylation sites (N-methyl/N-ethyl adjacent to an activating group) is 1. The Hall–Kier alpha value is -1.06. The maximum atomic E-state index is 9.71. The number of anilines is 1. The number of hydrogen-bond acceptors (Lipinski definition) is 3. The zero-order chi connectivity index (χ0) is 12.8. The third kappa shape index (κ3) is 4.36. The van der Waals surface area contributed by atoms with Gasteiger partial charge in [0, 0.05) is 24.8 Å². The Balaban J connectivity index is 2.65. The molecule has 0 aliphatic rings. The molecular formula is C14H23NO2. The summed E-state index contributed by atoms with van der Waals surface area (Å²) >= 11 is 0. The van der Waals surface area contributed by atoms with E-state index >= 15 is 0 Å². The summed E-state index contributed by atoms with van der Waals surface area (Å²) in [4.78, 5) is 2.12. The number of hydrogen-bond donors (Lipinski definition) is 1. The van der Waals surface area contributed by atoms with E-state index in [2.05, 4.69) is 4.90 Å². The van der Waals surface area contributed by atoms with Crippen LogP contribution in [-0.2, 0) is 4.74 Å². The summed E-state index contributed by atoms with van der Waals surface area (Å²) in [6.45, 7) is 7.37. The predicted molar refractivity (Wildman–Crippen MR) is 71.4 cm³/mol. The van der Waals surface area contributed by atoms with Crippen LogP contribution in [0, 0.1) is 0 Å². The second-order valence-corrected chi connectivity index (χ2v) is 4.58. The van der Waals surface area contributed by atoms with Crippen LogP contribution in [0.1, 0.15) is 32.4 Å². The number of aliphatic hydroxyl groups is 1. The third-order valence-electron chi connectivity index (χ3n) is 2.68. The van der Waals surface area contributed by atoms with Gasteiger partial charge in [-0.3, -0.25) is 0 Å².